The molecule has 0 spiro atoms. The fraction of sp³-hybridized carbons (Fsp3) is 0.133. The highest BCUT2D eigenvalue weighted by atomic mass is 35.5. The molecule has 4 nitrogen and oxygen atoms in total. The number of carboxylic acids is 1. The zero-order valence-corrected chi connectivity index (χ0v) is 11.5. The molecule has 0 radical (unpaired) electrons. The van der Waals surface area contributed by atoms with Crippen LogP contribution in [-0.2, 0) is 6.61 Å². The first-order chi connectivity index (χ1) is 9.49. The topological polar surface area (TPSA) is 66.8 Å². The van der Waals surface area contributed by atoms with E-state index in [2.05, 4.69) is 0 Å². The highest BCUT2D eigenvalue weighted by molar-refractivity contribution is 6.32. The van der Waals surface area contributed by atoms with Crippen LogP contribution in [0.25, 0.3) is 0 Å². The van der Waals surface area contributed by atoms with Crippen molar-refractivity contribution in [3.05, 3.63) is 58.1 Å². The number of aromatic carboxylic acids is 1. The second kappa shape index (κ2) is 5.84. The van der Waals surface area contributed by atoms with E-state index < -0.39 is 5.97 Å². The van der Waals surface area contributed by atoms with Gasteiger partial charge in [-0.25, -0.2) is 4.79 Å². The van der Waals surface area contributed by atoms with Crippen LogP contribution in [0.4, 0.5) is 0 Å². The Labute approximate surface area is 121 Å². The predicted molar refractivity (Wildman–Crippen MR) is 75.6 cm³/mol. The van der Waals surface area contributed by atoms with E-state index >= 15 is 0 Å². The number of rotatable bonds is 4. The number of carboxylic acid groups (broad SMARTS) is 1. The Morgan fingerprint density at radius 1 is 1.30 bits per heavy atom. The number of hydrogen-bond acceptors (Lipinski definition) is 3. The van der Waals surface area contributed by atoms with Gasteiger partial charge in [-0.2, -0.15) is 0 Å². The maximum atomic E-state index is 11.2. The minimum atomic E-state index is -0.996. The molecule has 104 valence electrons. The highest BCUT2D eigenvalue weighted by Crippen LogP contribution is 2.29. The molecule has 0 saturated heterocycles. The van der Waals surface area contributed by atoms with Gasteiger partial charge in [-0.1, -0.05) is 23.7 Å². The van der Waals surface area contributed by atoms with Gasteiger partial charge in [0, 0.05) is 11.6 Å². The van der Waals surface area contributed by atoms with Gasteiger partial charge in [-0.15, -0.1) is 0 Å². The van der Waals surface area contributed by atoms with E-state index in [0.717, 1.165) is 5.56 Å². The van der Waals surface area contributed by atoms with Crippen molar-refractivity contribution in [3.63, 3.8) is 0 Å². The molecule has 0 aliphatic rings. The van der Waals surface area contributed by atoms with Gasteiger partial charge in [-0.05, 0) is 30.7 Å². The van der Waals surface area contributed by atoms with Crippen LogP contribution in [0.3, 0.4) is 0 Å². The number of phenols is 1. The SMILES string of the molecule is Cc1cccc(C(=O)O)c1COc1ccc(O)cc1Cl. The van der Waals surface area contributed by atoms with Crippen molar-refractivity contribution < 1.29 is 19.7 Å². The Hall–Kier alpha value is -2.20. The van der Waals surface area contributed by atoms with Crippen molar-refractivity contribution in [3.8, 4) is 11.5 Å². The second-order valence-electron chi connectivity index (χ2n) is 4.31. The summed E-state index contributed by atoms with van der Waals surface area (Å²) in [6.07, 6.45) is 0. The molecule has 5 heteroatoms. The number of phenolic OH excluding ortho intramolecular Hbond substituents is 1. The highest BCUT2D eigenvalue weighted by Gasteiger charge is 2.13. The third-order valence-corrected chi connectivity index (χ3v) is 3.22. The molecule has 0 heterocycles. The lowest BCUT2D eigenvalue weighted by atomic mass is 10.0. The predicted octanol–water partition coefficient (Wildman–Crippen LogP) is 3.63. The number of ether oxygens (including phenoxy) is 1. The molecule has 0 aromatic heterocycles. The van der Waals surface area contributed by atoms with E-state index in [9.17, 15) is 9.90 Å². The number of benzene rings is 2. The standard InChI is InChI=1S/C15H13ClO4/c1-9-3-2-4-11(15(18)19)12(9)8-20-14-6-5-10(17)7-13(14)16/h2-7,17H,8H2,1H3,(H,18,19). The van der Waals surface area contributed by atoms with E-state index in [0.29, 0.717) is 11.3 Å². The molecule has 0 bridgehead atoms. The largest absolute Gasteiger partial charge is 0.508 e. The molecule has 0 saturated carbocycles. The molecule has 0 atom stereocenters. The average Bonchev–Trinajstić information content (AvgIpc) is 2.38. The molecule has 0 fully saturated rings. The van der Waals surface area contributed by atoms with Crippen LogP contribution in [0.2, 0.25) is 5.02 Å². The summed E-state index contributed by atoms with van der Waals surface area (Å²) in [5, 5.41) is 18.7. The molecular formula is C15H13ClO4. The molecule has 2 aromatic carbocycles. The number of hydrogen-bond donors (Lipinski definition) is 2. The van der Waals surface area contributed by atoms with Gasteiger partial charge in [0.15, 0.2) is 0 Å². The lowest BCUT2D eigenvalue weighted by Crippen LogP contribution is -2.07. The van der Waals surface area contributed by atoms with Gasteiger partial charge in [0.05, 0.1) is 10.6 Å². The van der Waals surface area contributed by atoms with Crippen molar-refractivity contribution in [2.45, 2.75) is 13.5 Å². The number of aromatic hydroxyl groups is 1. The van der Waals surface area contributed by atoms with Crippen LogP contribution in [0, 0.1) is 6.92 Å². The summed E-state index contributed by atoms with van der Waals surface area (Å²) < 4.78 is 5.54. The fourth-order valence-corrected chi connectivity index (χ4v) is 2.08. The third kappa shape index (κ3) is 3.03. The number of carbonyl (C=O) groups is 1. The van der Waals surface area contributed by atoms with Crippen molar-refractivity contribution in [2.24, 2.45) is 0 Å². The van der Waals surface area contributed by atoms with Crippen LogP contribution < -0.4 is 4.74 Å². The van der Waals surface area contributed by atoms with Crippen LogP contribution in [-0.4, -0.2) is 16.2 Å². The smallest absolute Gasteiger partial charge is 0.336 e. The van der Waals surface area contributed by atoms with Gasteiger partial charge in [0.25, 0.3) is 0 Å². The summed E-state index contributed by atoms with van der Waals surface area (Å²) in [4.78, 5) is 11.2. The van der Waals surface area contributed by atoms with Gasteiger partial charge in [0.1, 0.15) is 18.1 Å². The minimum absolute atomic E-state index is 0.0458. The Morgan fingerprint density at radius 3 is 2.70 bits per heavy atom. The molecule has 0 amide bonds. The Morgan fingerprint density at radius 2 is 2.05 bits per heavy atom. The van der Waals surface area contributed by atoms with E-state index in [1.165, 1.54) is 24.3 Å². The second-order valence-corrected chi connectivity index (χ2v) is 4.72. The lowest BCUT2D eigenvalue weighted by molar-refractivity contribution is 0.0693. The zero-order valence-electron chi connectivity index (χ0n) is 10.8. The quantitative estimate of drug-likeness (QED) is 0.903. The lowest BCUT2D eigenvalue weighted by Gasteiger charge is -2.12. The monoisotopic (exact) mass is 292 g/mol. The molecule has 2 aromatic rings. The first-order valence-electron chi connectivity index (χ1n) is 5.92. The Balaban J connectivity index is 2.25. The molecule has 2 N–H and O–H groups in total. The number of aryl methyl sites for hydroxylation is 1. The molecule has 2 rings (SSSR count). The molecule has 0 aliphatic carbocycles. The van der Waals surface area contributed by atoms with Crippen molar-refractivity contribution in [1.82, 2.24) is 0 Å². The average molecular weight is 293 g/mol. The van der Waals surface area contributed by atoms with Crippen LogP contribution in [0.5, 0.6) is 11.5 Å². The van der Waals surface area contributed by atoms with Crippen LogP contribution in [0.15, 0.2) is 36.4 Å². The number of halogens is 1. The van der Waals surface area contributed by atoms with Gasteiger partial charge >= 0.3 is 5.97 Å². The Bertz CT molecular complexity index is 652. The van der Waals surface area contributed by atoms with Crippen LogP contribution >= 0.6 is 11.6 Å². The summed E-state index contributed by atoms with van der Waals surface area (Å²) >= 11 is 5.94. The van der Waals surface area contributed by atoms with E-state index in [4.69, 9.17) is 21.4 Å². The molecular weight excluding hydrogens is 280 g/mol. The Kier molecular flexibility index (Phi) is 4.15. The van der Waals surface area contributed by atoms with Crippen molar-refractivity contribution in [2.75, 3.05) is 0 Å². The molecule has 0 unspecified atom stereocenters. The van der Waals surface area contributed by atoms with E-state index in [1.54, 1.807) is 6.07 Å². The van der Waals surface area contributed by atoms with E-state index in [1.807, 2.05) is 13.0 Å². The summed E-state index contributed by atoms with van der Waals surface area (Å²) in [7, 11) is 0. The third-order valence-electron chi connectivity index (χ3n) is 2.93. The minimum Gasteiger partial charge on any atom is -0.508 e. The summed E-state index contributed by atoms with van der Waals surface area (Å²) in [5.74, 6) is -0.558. The van der Waals surface area contributed by atoms with Gasteiger partial charge in [-0.3, -0.25) is 0 Å². The first-order valence-corrected chi connectivity index (χ1v) is 6.30. The maximum Gasteiger partial charge on any atom is 0.336 e. The summed E-state index contributed by atoms with van der Waals surface area (Å²) in [6, 6.07) is 9.41. The zero-order chi connectivity index (χ0) is 14.7. The van der Waals surface area contributed by atoms with Crippen molar-refractivity contribution >= 4 is 17.6 Å². The maximum absolute atomic E-state index is 11.2. The molecule has 0 aliphatic heterocycles. The van der Waals surface area contributed by atoms with Gasteiger partial charge < -0.3 is 14.9 Å². The summed E-state index contributed by atoms with van der Waals surface area (Å²) in [6.45, 7) is 1.92. The fourth-order valence-electron chi connectivity index (χ4n) is 1.85. The normalized spacial score (nSPS) is 10.3. The van der Waals surface area contributed by atoms with E-state index in [-0.39, 0.29) is 22.9 Å². The van der Waals surface area contributed by atoms with Crippen LogP contribution in [0.1, 0.15) is 21.5 Å². The van der Waals surface area contributed by atoms with Gasteiger partial charge in [0.2, 0.25) is 0 Å². The summed E-state index contributed by atoms with van der Waals surface area (Å²) in [5.41, 5.74) is 1.64. The first kappa shape index (κ1) is 14.2. The molecule has 20 heavy (non-hydrogen) atoms. The van der Waals surface area contributed by atoms with Crippen molar-refractivity contribution in [1.29, 1.82) is 0 Å².